The Morgan fingerprint density at radius 3 is 2.45 bits per heavy atom. The van der Waals surface area contributed by atoms with Gasteiger partial charge in [0.25, 0.3) is 0 Å². The van der Waals surface area contributed by atoms with Crippen LogP contribution in [0, 0.1) is 18.8 Å². The van der Waals surface area contributed by atoms with Crippen LogP contribution in [0.2, 0.25) is 5.02 Å². The van der Waals surface area contributed by atoms with Gasteiger partial charge in [-0.05, 0) is 89.9 Å². The number of carboxylic acid groups (broad SMARTS) is 1. The van der Waals surface area contributed by atoms with Crippen LogP contribution in [-0.2, 0) is 11.2 Å². The molecule has 158 valence electrons. The molecule has 0 atom stereocenters. The third-order valence-corrected chi connectivity index (χ3v) is 6.31. The highest BCUT2D eigenvalue weighted by Gasteiger charge is 2.26. The van der Waals surface area contributed by atoms with Crippen LogP contribution in [0.15, 0.2) is 48.5 Å². The molecule has 31 heavy (non-hydrogen) atoms. The molecule has 0 radical (unpaired) electrons. The highest BCUT2D eigenvalue weighted by atomic mass is 35.5. The van der Waals surface area contributed by atoms with Crippen LogP contribution in [0.1, 0.15) is 48.8 Å². The highest BCUT2D eigenvalue weighted by Crippen LogP contribution is 2.36. The molecular formula is C27H25ClO3. The number of rotatable bonds is 3. The van der Waals surface area contributed by atoms with Crippen molar-refractivity contribution in [3.8, 4) is 23.0 Å². The topological polar surface area (TPSA) is 57.5 Å². The zero-order chi connectivity index (χ0) is 22.0. The number of carboxylic acids is 1. The lowest BCUT2D eigenvalue weighted by atomic mass is 9.85. The molecule has 0 aromatic heterocycles. The summed E-state index contributed by atoms with van der Waals surface area (Å²) in [4.78, 5) is 11.6. The van der Waals surface area contributed by atoms with E-state index in [2.05, 4.69) is 11.8 Å². The van der Waals surface area contributed by atoms with Gasteiger partial charge < -0.3 is 10.2 Å². The van der Waals surface area contributed by atoms with Crippen molar-refractivity contribution in [2.45, 2.75) is 51.0 Å². The zero-order valence-corrected chi connectivity index (χ0v) is 18.3. The van der Waals surface area contributed by atoms with E-state index < -0.39 is 11.6 Å². The summed E-state index contributed by atoms with van der Waals surface area (Å²) in [5, 5.41) is 22.9. The largest absolute Gasteiger partial charge is 0.481 e. The first kappa shape index (κ1) is 21.4. The number of carbonyl (C=O) groups is 1. The number of aliphatic carboxylic acids is 1. The highest BCUT2D eigenvalue weighted by molar-refractivity contribution is 6.30. The van der Waals surface area contributed by atoms with Crippen molar-refractivity contribution >= 4 is 28.3 Å². The predicted octanol–water partition coefficient (Wildman–Crippen LogP) is 6.14. The molecule has 0 unspecified atom stereocenters. The second kappa shape index (κ2) is 8.75. The second-order valence-electron chi connectivity index (χ2n) is 8.40. The number of fused-ring (bicyclic) bond motifs is 1. The molecule has 0 aliphatic heterocycles. The minimum Gasteiger partial charge on any atom is -0.481 e. The summed E-state index contributed by atoms with van der Waals surface area (Å²) in [6, 6.07) is 15.5. The maximum Gasteiger partial charge on any atom is 0.307 e. The molecule has 0 bridgehead atoms. The Morgan fingerprint density at radius 1 is 1.06 bits per heavy atom. The first-order chi connectivity index (χ1) is 14.8. The fourth-order valence-corrected chi connectivity index (χ4v) is 4.56. The maximum absolute atomic E-state index is 11.6. The number of aryl methyl sites for hydroxylation is 1. The minimum atomic E-state index is -0.909. The van der Waals surface area contributed by atoms with E-state index in [0.717, 1.165) is 57.9 Å². The van der Waals surface area contributed by atoms with Crippen molar-refractivity contribution in [1.82, 2.24) is 0 Å². The Bertz CT molecular complexity index is 1190. The van der Waals surface area contributed by atoms with Crippen molar-refractivity contribution in [1.29, 1.82) is 0 Å². The van der Waals surface area contributed by atoms with E-state index >= 15 is 0 Å². The Morgan fingerprint density at radius 2 is 1.77 bits per heavy atom. The van der Waals surface area contributed by atoms with Crippen molar-refractivity contribution in [3.05, 3.63) is 70.2 Å². The van der Waals surface area contributed by atoms with E-state index in [1.54, 1.807) is 0 Å². The molecule has 1 saturated carbocycles. The van der Waals surface area contributed by atoms with Gasteiger partial charge in [-0.25, -0.2) is 0 Å². The molecule has 1 fully saturated rings. The first-order valence-corrected chi connectivity index (χ1v) is 11.0. The van der Waals surface area contributed by atoms with Gasteiger partial charge in [-0.15, -0.1) is 0 Å². The Kier molecular flexibility index (Phi) is 6.05. The standard InChI is InChI=1S/C27H25ClO3/c1-18-15-21-6-5-19(11-14-27(31)12-3-2-4-13-27)16-24(21)26(23(18)17-25(29)30)20-7-9-22(28)10-8-20/h5-10,15-16,31H,2-4,12-13,17H2,1H3,(H,29,30). The van der Waals surface area contributed by atoms with Gasteiger partial charge in [-0.1, -0.05) is 54.1 Å². The van der Waals surface area contributed by atoms with Crippen LogP contribution >= 0.6 is 11.6 Å². The van der Waals surface area contributed by atoms with Gasteiger partial charge in [0, 0.05) is 10.6 Å². The smallest absolute Gasteiger partial charge is 0.307 e. The molecule has 1 aliphatic carbocycles. The van der Waals surface area contributed by atoms with Gasteiger partial charge in [-0.3, -0.25) is 4.79 Å². The molecule has 4 rings (SSSR count). The molecule has 3 nitrogen and oxygen atoms in total. The van der Waals surface area contributed by atoms with Crippen LogP contribution in [0.3, 0.4) is 0 Å². The average molecular weight is 433 g/mol. The third-order valence-electron chi connectivity index (χ3n) is 6.05. The lowest BCUT2D eigenvalue weighted by Crippen LogP contribution is -2.29. The summed E-state index contributed by atoms with van der Waals surface area (Å²) in [7, 11) is 0. The van der Waals surface area contributed by atoms with Crippen LogP contribution in [0.4, 0.5) is 0 Å². The van der Waals surface area contributed by atoms with Gasteiger partial charge in [0.2, 0.25) is 0 Å². The SMILES string of the molecule is Cc1cc2ccc(C#CC3(O)CCCCC3)cc2c(-c2ccc(Cl)cc2)c1CC(=O)O. The zero-order valence-electron chi connectivity index (χ0n) is 17.5. The lowest BCUT2D eigenvalue weighted by Gasteiger charge is -2.26. The minimum absolute atomic E-state index is 0.0601. The molecule has 3 aromatic rings. The van der Waals surface area contributed by atoms with E-state index in [0.29, 0.717) is 17.9 Å². The van der Waals surface area contributed by atoms with Gasteiger partial charge in [0.05, 0.1) is 6.42 Å². The molecule has 2 N–H and O–H groups in total. The summed E-state index contributed by atoms with van der Waals surface area (Å²) in [5.41, 5.74) is 3.45. The Labute approximate surface area is 187 Å². The van der Waals surface area contributed by atoms with E-state index in [1.807, 2.05) is 55.5 Å². The number of hydrogen-bond donors (Lipinski definition) is 2. The molecule has 0 heterocycles. The summed E-state index contributed by atoms with van der Waals surface area (Å²) < 4.78 is 0. The van der Waals surface area contributed by atoms with E-state index in [-0.39, 0.29) is 6.42 Å². The Hall–Kier alpha value is -2.80. The van der Waals surface area contributed by atoms with Crippen molar-refractivity contribution in [3.63, 3.8) is 0 Å². The number of benzene rings is 3. The molecule has 0 amide bonds. The van der Waals surface area contributed by atoms with Crippen LogP contribution in [0.5, 0.6) is 0 Å². The van der Waals surface area contributed by atoms with E-state index in [1.165, 1.54) is 0 Å². The van der Waals surface area contributed by atoms with Crippen molar-refractivity contribution < 1.29 is 15.0 Å². The normalized spacial score (nSPS) is 15.3. The van der Waals surface area contributed by atoms with Gasteiger partial charge in [0.1, 0.15) is 5.60 Å². The van der Waals surface area contributed by atoms with Crippen molar-refractivity contribution in [2.24, 2.45) is 0 Å². The number of halogens is 1. The molecule has 0 saturated heterocycles. The summed E-state index contributed by atoms with van der Waals surface area (Å²) >= 11 is 6.09. The summed E-state index contributed by atoms with van der Waals surface area (Å²) in [5.74, 6) is 5.40. The molecule has 1 aliphatic rings. The fraction of sp³-hybridized carbons (Fsp3) is 0.296. The monoisotopic (exact) mass is 432 g/mol. The van der Waals surface area contributed by atoms with Crippen LogP contribution in [0.25, 0.3) is 21.9 Å². The first-order valence-electron chi connectivity index (χ1n) is 10.6. The summed E-state index contributed by atoms with van der Waals surface area (Å²) in [6.45, 7) is 1.95. The third kappa shape index (κ3) is 4.77. The molecule has 4 heteroatoms. The molecule has 0 spiro atoms. The number of aliphatic hydroxyl groups is 1. The van der Waals surface area contributed by atoms with Gasteiger partial charge in [0.15, 0.2) is 0 Å². The molecular weight excluding hydrogens is 408 g/mol. The quantitative estimate of drug-likeness (QED) is 0.488. The predicted molar refractivity (Wildman–Crippen MR) is 125 cm³/mol. The lowest BCUT2D eigenvalue weighted by molar-refractivity contribution is -0.136. The van der Waals surface area contributed by atoms with Gasteiger partial charge in [-0.2, -0.15) is 0 Å². The number of hydrogen-bond acceptors (Lipinski definition) is 2. The second-order valence-corrected chi connectivity index (χ2v) is 8.84. The van der Waals surface area contributed by atoms with E-state index in [4.69, 9.17) is 11.6 Å². The van der Waals surface area contributed by atoms with Gasteiger partial charge >= 0.3 is 5.97 Å². The fourth-order valence-electron chi connectivity index (χ4n) is 4.43. The van der Waals surface area contributed by atoms with Crippen LogP contribution < -0.4 is 0 Å². The van der Waals surface area contributed by atoms with Crippen LogP contribution in [-0.4, -0.2) is 21.8 Å². The average Bonchev–Trinajstić information content (AvgIpc) is 2.74. The summed E-state index contributed by atoms with van der Waals surface area (Å²) in [6.07, 6.45) is 4.52. The molecule has 3 aromatic carbocycles. The van der Waals surface area contributed by atoms with E-state index in [9.17, 15) is 15.0 Å². The van der Waals surface area contributed by atoms with Crippen molar-refractivity contribution in [2.75, 3.05) is 0 Å². The Balaban J connectivity index is 1.89. The maximum atomic E-state index is 11.6.